The smallest absolute Gasteiger partial charge is 0.442 e. The normalized spacial score (nSPS) is 19.1. The summed E-state index contributed by atoms with van der Waals surface area (Å²) >= 11 is 0.915. The predicted molar refractivity (Wildman–Crippen MR) is 147 cm³/mol. The molecule has 2 fully saturated rings. The molecule has 2 unspecified atom stereocenters. The number of ether oxygens (including phenoxy) is 2. The maximum atomic E-state index is 14.8. The molecule has 4 rings (SSSR count). The maximum absolute atomic E-state index is 14.8. The Morgan fingerprint density at radius 2 is 1.92 bits per heavy atom. The van der Waals surface area contributed by atoms with Crippen LogP contribution in [-0.2, 0) is 20.5 Å². The van der Waals surface area contributed by atoms with Crippen LogP contribution in [0.5, 0.6) is 0 Å². The van der Waals surface area contributed by atoms with Gasteiger partial charge in [0, 0.05) is 18.0 Å². The molecule has 2 aliphatic heterocycles. The molecule has 2 heterocycles. The molecule has 15 heteroatoms. The van der Waals surface area contributed by atoms with Crippen molar-refractivity contribution in [2.75, 3.05) is 55.9 Å². The number of halogens is 1. The summed E-state index contributed by atoms with van der Waals surface area (Å²) in [7, 11) is -6.28. The average Bonchev–Trinajstić information content (AvgIpc) is 3.27. The zero-order chi connectivity index (χ0) is 28.2. The van der Waals surface area contributed by atoms with E-state index in [0.29, 0.717) is 48.1 Å². The van der Waals surface area contributed by atoms with E-state index in [4.69, 9.17) is 9.47 Å². The fourth-order valence-electron chi connectivity index (χ4n) is 4.25. The molecule has 0 radical (unpaired) electrons. The molecule has 0 saturated carbocycles. The number of carbonyl (C=O) groups excluding carboxylic acids is 2. The minimum atomic E-state index is -3.51. The first kappa shape index (κ1) is 29.6. The molecule has 0 bridgehead atoms. The number of hydrogen-bond donors (Lipinski definition) is 4. The summed E-state index contributed by atoms with van der Waals surface area (Å²) in [4.78, 5) is 57.7. The quantitative estimate of drug-likeness (QED) is 0.248. The molecule has 2 amide bonds. The van der Waals surface area contributed by atoms with Gasteiger partial charge in [-0.05, 0) is 52.2 Å². The Hall–Kier alpha value is -2.37. The van der Waals surface area contributed by atoms with Crippen molar-refractivity contribution in [3.05, 3.63) is 53.8 Å². The van der Waals surface area contributed by atoms with Crippen molar-refractivity contribution in [2.45, 2.75) is 22.8 Å². The third-order valence-corrected chi connectivity index (χ3v) is 11.1. The van der Waals surface area contributed by atoms with E-state index in [1.54, 1.807) is 36.4 Å². The summed E-state index contributed by atoms with van der Waals surface area (Å²) < 4.78 is 36.9. The number of rotatable bonds is 9. The molecule has 210 valence electrons. The Kier molecular flexibility index (Phi) is 9.77. The van der Waals surface area contributed by atoms with Gasteiger partial charge in [-0.15, -0.1) is 0 Å². The molecule has 0 spiro atoms. The van der Waals surface area contributed by atoms with E-state index in [1.807, 2.05) is 4.90 Å². The number of thioether (sulfide) groups is 1. The minimum absolute atomic E-state index is 0.0174. The van der Waals surface area contributed by atoms with E-state index in [9.17, 15) is 33.2 Å². The van der Waals surface area contributed by atoms with Crippen LogP contribution in [0, 0.1) is 5.82 Å². The molecule has 4 N–H and O–H groups in total. The second-order valence-electron chi connectivity index (χ2n) is 9.23. The van der Waals surface area contributed by atoms with Gasteiger partial charge in [-0.3, -0.25) is 9.69 Å². The van der Waals surface area contributed by atoms with Gasteiger partial charge in [0.1, 0.15) is 18.6 Å². The second-order valence-corrected chi connectivity index (χ2v) is 14.5. The number of amides is 2. The van der Waals surface area contributed by atoms with Crippen LogP contribution in [0.2, 0.25) is 0 Å². The van der Waals surface area contributed by atoms with Crippen molar-refractivity contribution in [1.29, 1.82) is 0 Å². The Morgan fingerprint density at radius 1 is 1.23 bits per heavy atom. The van der Waals surface area contributed by atoms with E-state index in [0.717, 1.165) is 18.4 Å². The van der Waals surface area contributed by atoms with E-state index in [2.05, 4.69) is 5.32 Å². The lowest BCUT2D eigenvalue weighted by Crippen LogP contribution is -2.36. The highest BCUT2D eigenvalue weighted by atomic mass is 32.2. The van der Waals surface area contributed by atoms with Gasteiger partial charge in [-0.25, -0.2) is 19.0 Å². The SMILES string of the molecule is C[P+](O)(O)C(Cc1ccc(SC(=O)NC[C@H]2CN(c3ccc(N4CCOCC4)c(F)c3)C(=O)O2)cc1)[P+](=O)O. The number of benzene rings is 2. The molecular weight excluding hydrogens is 571 g/mol. The van der Waals surface area contributed by atoms with Crippen molar-refractivity contribution in [2.24, 2.45) is 0 Å². The monoisotopic (exact) mass is 601 g/mol. The van der Waals surface area contributed by atoms with Gasteiger partial charge >= 0.3 is 27.2 Å². The zero-order valence-corrected chi connectivity index (χ0v) is 23.7. The van der Waals surface area contributed by atoms with Crippen LogP contribution < -0.4 is 15.1 Å². The molecule has 0 aliphatic carbocycles. The summed E-state index contributed by atoms with van der Waals surface area (Å²) in [6.45, 7) is 3.62. The van der Waals surface area contributed by atoms with Crippen LogP contribution in [-0.4, -0.2) is 83.6 Å². The number of nitrogens with one attached hydrogen (secondary N) is 1. The van der Waals surface area contributed by atoms with E-state index in [1.165, 1.54) is 11.0 Å². The highest BCUT2D eigenvalue weighted by Crippen LogP contribution is 2.60. The largest absolute Gasteiger partial charge is 0.555 e. The second kappa shape index (κ2) is 12.9. The summed E-state index contributed by atoms with van der Waals surface area (Å²) in [5, 5.41) is 1.18. The highest BCUT2D eigenvalue weighted by Gasteiger charge is 2.53. The highest BCUT2D eigenvalue weighted by molar-refractivity contribution is 8.13. The predicted octanol–water partition coefficient (Wildman–Crippen LogP) is 3.55. The van der Waals surface area contributed by atoms with Crippen molar-refractivity contribution >= 4 is 50.2 Å². The van der Waals surface area contributed by atoms with Gasteiger partial charge in [0.15, 0.2) is 0 Å². The van der Waals surface area contributed by atoms with E-state index < -0.39 is 39.2 Å². The van der Waals surface area contributed by atoms with Crippen LogP contribution in [0.1, 0.15) is 5.56 Å². The van der Waals surface area contributed by atoms with Gasteiger partial charge in [-0.1, -0.05) is 12.1 Å². The van der Waals surface area contributed by atoms with Crippen molar-refractivity contribution in [1.82, 2.24) is 5.32 Å². The lowest BCUT2D eigenvalue weighted by Gasteiger charge is -2.29. The number of anilines is 2. The number of morpholine rings is 1. The van der Waals surface area contributed by atoms with E-state index >= 15 is 0 Å². The van der Waals surface area contributed by atoms with Crippen molar-refractivity contribution in [3.63, 3.8) is 0 Å². The minimum Gasteiger partial charge on any atom is -0.442 e. The van der Waals surface area contributed by atoms with E-state index in [-0.39, 0.29) is 24.7 Å². The molecule has 2 aromatic carbocycles. The third-order valence-electron chi connectivity index (χ3n) is 6.31. The fraction of sp³-hybridized carbons (Fsp3) is 0.417. The Morgan fingerprint density at radius 3 is 2.54 bits per heavy atom. The molecule has 2 aliphatic rings. The maximum Gasteiger partial charge on any atom is 0.555 e. The molecule has 0 aromatic heterocycles. The molecular formula is C24H30FN3O8P2S+2. The summed E-state index contributed by atoms with van der Waals surface area (Å²) in [6, 6.07) is 11.2. The first-order valence-corrected chi connectivity index (χ1v) is 16.4. The van der Waals surface area contributed by atoms with Gasteiger partial charge in [0.25, 0.3) is 5.24 Å². The summed E-state index contributed by atoms with van der Waals surface area (Å²) in [5.41, 5.74) is 1.45. The van der Waals surface area contributed by atoms with Gasteiger partial charge < -0.3 is 19.7 Å². The van der Waals surface area contributed by atoms with Crippen LogP contribution in [0.25, 0.3) is 0 Å². The molecule has 3 atom stereocenters. The lowest BCUT2D eigenvalue weighted by molar-refractivity contribution is 0.122. The van der Waals surface area contributed by atoms with Crippen LogP contribution >= 0.6 is 27.5 Å². The number of hydrogen-bond acceptors (Lipinski definition) is 9. The van der Waals surface area contributed by atoms with Gasteiger partial charge in [0.2, 0.25) is 0 Å². The number of nitrogens with zero attached hydrogens (tertiary/aromatic N) is 2. The first-order valence-electron chi connectivity index (χ1n) is 12.1. The average molecular weight is 602 g/mol. The van der Waals surface area contributed by atoms with Gasteiger partial charge in [-0.2, -0.15) is 4.89 Å². The molecule has 2 aromatic rings. The van der Waals surface area contributed by atoms with Crippen LogP contribution in [0.15, 0.2) is 47.4 Å². The van der Waals surface area contributed by atoms with Crippen molar-refractivity contribution < 1.29 is 42.7 Å². The number of cyclic esters (lactones) is 1. The first-order chi connectivity index (χ1) is 18.5. The fourth-order valence-corrected chi connectivity index (χ4v) is 7.31. The topological polar surface area (TPSA) is 149 Å². The Labute approximate surface area is 230 Å². The molecule has 11 nitrogen and oxygen atoms in total. The standard InChI is InChI=1S/C24H28FN3O8P2S/c1-38(33,34)22(37(31)32)12-16-2-5-19(6-3-16)39-23(29)26-14-18-15-28(24(30)36-18)17-4-7-21(20(25)13-17)27-8-10-35-11-9-27/h2-7,13,18,22,33-34H,8-12,14-15H2,1H3/p+2/t18-,22?/m0/s1. The van der Waals surface area contributed by atoms with Crippen LogP contribution in [0.4, 0.5) is 25.4 Å². The van der Waals surface area contributed by atoms with Crippen molar-refractivity contribution in [3.8, 4) is 0 Å². The zero-order valence-electron chi connectivity index (χ0n) is 21.1. The Bertz CT molecular complexity index is 1210. The lowest BCUT2D eigenvalue weighted by atomic mass is 10.2. The molecule has 2 saturated heterocycles. The molecule has 39 heavy (non-hydrogen) atoms. The summed E-state index contributed by atoms with van der Waals surface area (Å²) in [5.74, 6) is -0.439. The Balaban J connectivity index is 1.27. The van der Waals surface area contributed by atoms with Gasteiger partial charge in [0.05, 0.1) is 44.1 Å². The number of carbonyl (C=O) groups is 2. The summed E-state index contributed by atoms with van der Waals surface area (Å²) in [6.07, 6.45) is -1.22. The van der Waals surface area contributed by atoms with Crippen LogP contribution in [0.3, 0.4) is 0 Å². The third kappa shape index (κ3) is 7.85.